The summed E-state index contributed by atoms with van der Waals surface area (Å²) in [7, 11) is 0. The van der Waals surface area contributed by atoms with Gasteiger partial charge in [0.2, 0.25) is 0 Å². The molecule has 88 valence electrons. The first kappa shape index (κ1) is 11.4. The predicted octanol–water partition coefficient (Wildman–Crippen LogP) is 3.17. The van der Waals surface area contributed by atoms with Crippen LogP contribution in [-0.4, -0.2) is 16.2 Å². The number of aromatic nitrogens is 2. The van der Waals surface area contributed by atoms with E-state index in [1.807, 2.05) is 19.1 Å². The summed E-state index contributed by atoms with van der Waals surface area (Å²) in [5.74, 6) is 1.87. The Bertz CT molecular complexity index is 312. The van der Waals surface area contributed by atoms with Gasteiger partial charge in [-0.15, -0.1) is 5.10 Å². The second-order valence-electron chi connectivity index (χ2n) is 4.83. The summed E-state index contributed by atoms with van der Waals surface area (Å²) in [6, 6.07) is 4.63. The maximum Gasteiger partial charge on any atom is 0.148 e. The van der Waals surface area contributed by atoms with Gasteiger partial charge in [-0.25, -0.2) is 0 Å². The van der Waals surface area contributed by atoms with Gasteiger partial charge in [0.1, 0.15) is 5.82 Å². The minimum absolute atomic E-state index is 0.597. The molecule has 16 heavy (non-hydrogen) atoms. The second kappa shape index (κ2) is 5.28. The van der Waals surface area contributed by atoms with Crippen LogP contribution in [0.2, 0.25) is 0 Å². The quantitative estimate of drug-likeness (QED) is 0.848. The van der Waals surface area contributed by atoms with Gasteiger partial charge in [-0.3, -0.25) is 0 Å². The van der Waals surface area contributed by atoms with Crippen LogP contribution in [0.4, 0.5) is 5.82 Å². The van der Waals surface area contributed by atoms with Crippen molar-refractivity contribution in [3.8, 4) is 0 Å². The summed E-state index contributed by atoms with van der Waals surface area (Å²) in [4.78, 5) is 0. The summed E-state index contributed by atoms with van der Waals surface area (Å²) in [5, 5.41) is 11.7. The molecule has 1 saturated carbocycles. The number of nitrogens with one attached hydrogen (secondary N) is 1. The van der Waals surface area contributed by atoms with Crippen molar-refractivity contribution in [3.63, 3.8) is 0 Å². The van der Waals surface area contributed by atoms with Gasteiger partial charge in [0, 0.05) is 6.04 Å². The van der Waals surface area contributed by atoms with Crippen LogP contribution in [0.15, 0.2) is 12.1 Å². The van der Waals surface area contributed by atoms with Gasteiger partial charge in [0.05, 0.1) is 5.69 Å². The molecule has 0 saturated heterocycles. The zero-order chi connectivity index (χ0) is 11.4. The average Bonchev–Trinajstić information content (AvgIpc) is 2.33. The van der Waals surface area contributed by atoms with E-state index in [1.54, 1.807) is 0 Å². The van der Waals surface area contributed by atoms with Crippen LogP contribution in [0.25, 0.3) is 0 Å². The van der Waals surface area contributed by atoms with Crippen molar-refractivity contribution in [2.75, 3.05) is 5.32 Å². The largest absolute Gasteiger partial charge is 0.366 e. The van der Waals surface area contributed by atoms with Crippen molar-refractivity contribution >= 4 is 5.82 Å². The van der Waals surface area contributed by atoms with Gasteiger partial charge in [-0.1, -0.05) is 13.3 Å². The van der Waals surface area contributed by atoms with Crippen molar-refractivity contribution in [3.05, 3.63) is 17.8 Å². The molecule has 0 spiro atoms. The molecule has 0 unspecified atom stereocenters. The number of anilines is 1. The van der Waals surface area contributed by atoms with Crippen molar-refractivity contribution in [1.82, 2.24) is 10.2 Å². The van der Waals surface area contributed by atoms with Gasteiger partial charge in [-0.2, -0.15) is 5.10 Å². The van der Waals surface area contributed by atoms with E-state index in [0.717, 1.165) is 17.4 Å². The van der Waals surface area contributed by atoms with E-state index < -0.39 is 0 Å². The zero-order valence-corrected chi connectivity index (χ0v) is 10.2. The van der Waals surface area contributed by atoms with Crippen LogP contribution in [0.3, 0.4) is 0 Å². The number of nitrogens with zero attached hydrogens (tertiary/aromatic N) is 2. The summed E-state index contributed by atoms with van der Waals surface area (Å²) in [5.41, 5.74) is 0.972. The monoisotopic (exact) mass is 219 g/mol. The predicted molar refractivity (Wildman–Crippen MR) is 66.4 cm³/mol. The molecule has 0 atom stereocenters. The molecule has 1 aliphatic rings. The van der Waals surface area contributed by atoms with Crippen molar-refractivity contribution in [1.29, 1.82) is 0 Å². The topological polar surface area (TPSA) is 37.8 Å². The van der Waals surface area contributed by atoms with Crippen molar-refractivity contribution in [2.24, 2.45) is 5.92 Å². The van der Waals surface area contributed by atoms with Crippen LogP contribution in [0, 0.1) is 12.8 Å². The van der Waals surface area contributed by atoms with Crippen LogP contribution in [-0.2, 0) is 0 Å². The second-order valence-corrected chi connectivity index (χ2v) is 4.83. The Kier molecular flexibility index (Phi) is 3.75. The first-order chi connectivity index (χ1) is 7.78. The first-order valence-corrected chi connectivity index (χ1v) is 6.34. The molecule has 1 N–H and O–H groups in total. The molecular formula is C13H21N3. The van der Waals surface area contributed by atoms with Gasteiger partial charge in [0.25, 0.3) is 0 Å². The van der Waals surface area contributed by atoms with E-state index in [0.29, 0.717) is 6.04 Å². The van der Waals surface area contributed by atoms with E-state index >= 15 is 0 Å². The highest BCUT2D eigenvalue weighted by molar-refractivity contribution is 5.34. The summed E-state index contributed by atoms with van der Waals surface area (Å²) in [6.07, 6.45) is 6.58. The smallest absolute Gasteiger partial charge is 0.148 e. The van der Waals surface area contributed by atoms with Crippen molar-refractivity contribution < 1.29 is 0 Å². The highest BCUT2D eigenvalue weighted by Crippen LogP contribution is 2.27. The minimum Gasteiger partial charge on any atom is -0.366 e. The van der Waals surface area contributed by atoms with Crippen molar-refractivity contribution in [2.45, 2.75) is 52.0 Å². The molecule has 1 heterocycles. The molecule has 2 rings (SSSR count). The maximum atomic E-state index is 4.15. The molecule has 0 aromatic carbocycles. The van der Waals surface area contributed by atoms with Crippen LogP contribution < -0.4 is 5.32 Å². The molecule has 0 amide bonds. The van der Waals surface area contributed by atoms with E-state index in [1.165, 1.54) is 32.1 Å². The third kappa shape index (κ3) is 2.94. The first-order valence-electron chi connectivity index (χ1n) is 6.34. The Morgan fingerprint density at radius 3 is 2.50 bits per heavy atom. The van der Waals surface area contributed by atoms with E-state index in [2.05, 4.69) is 22.4 Å². The standard InChI is InChI=1S/C13H21N3/c1-3-11-5-7-12(8-6-11)14-13-9-4-10(2)15-16-13/h4,9,11-12H,3,5-8H2,1-2H3,(H,14,16). The normalized spacial score (nSPS) is 25.4. The number of hydrogen-bond acceptors (Lipinski definition) is 3. The summed E-state index contributed by atoms with van der Waals surface area (Å²) < 4.78 is 0. The SMILES string of the molecule is CCC1CCC(Nc2ccc(C)nn2)CC1. The average molecular weight is 219 g/mol. The number of rotatable bonds is 3. The summed E-state index contributed by atoms with van der Waals surface area (Å²) in [6.45, 7) is 4.26. The molecule has 1 fully saturated rings. The van der Waals surface area contributed by atoms with Crippen LogP contribution >= 0.6 is 0 Å². The molecule has 0 radical (unpaired) electrons. The number of aryl methyl sites for hydroxylation is 1. The Morgan fingerprint density at radius 1 is 1.19 bits per heavy atom. The minimum atomic E-state index is 0.597. The third-order valence-electron chi connectivity index (χ3n) is 3.57. The molecule has 0 bridgehead atoms. The fraction of sp³-hybridized carbons (Fsp3) is 0.692. The van der Waals surface area contributed by atoms with Gasteiger partial charge >= 0.3 is 0 Å². The zero-order valence-electron chi connectivity index (χ0n) is 10.2. The van der Waals surface area contributed by atoms with Gasteiger partial charge in [-0.05, 0) is 50.7 Å². The molecule has 1 aromatic heterocycles. The highest BCUT2D eigenvalue weighted by Gasteiger charge is 2.19. The lowest BCUT2D eigenvalue weighted by atomic mass is 9.84. The lowest BCUT2D eigenvalue weighted by Crippen LogP contribution is -2.26. The van der Waals surface area contributed by atoms with Crippen LogP contribution in [0.1, 0.15) is 44.7 Å². The van der Waals surface area contributed by atoms with Crippen LogP contribution in [0.5, 0.6) is 0 Å². The van der Waals surface area contributed by atoms with Gasteiger partial charge < -0.3 is 5.32 Å². The Morgan fingerprint density at radius 2 is 1.94 bits per heavy atom. The maximum absolute atomic E-state index is 4.15. The fourth-order valence-electron chi connectivity index (χ4n) is 2.40. The molecule has 1 aromatic rings. The van der Waals surface area contributed by atoms with E-state index in [-0.39, 0.29) is 0 Å². The van der Waals surface area contributed by atoms with E-state index in [4.69, 9.17) is 0 Å². The van der Waals surface area contributed by atoms with Gasteiger partial charge in [0.15, 0.2) is 0 Å². The summed E-state index contributed by atoms with van der Waals surface area (Å²) >= 11 is 0. The number of hydrogen-bond donors (Lipinski definition) is 1. The molecule has 0 aliphatic heterocycles. The molecular weight excluding hydrogens is 198 g/mol. The molecule has 3 heteroatoms. The Labute approximate surface area is 97.7 Å². The van der Waals surface area contributed by atoms with E-state index in [9.17, 15) is 0 Å². The molecule has 3 nitrogen and oxygen atoms in total. The Hall–Kier alpha value is -1.12. The lowest BCUT2D eigenvalue weighted by Gasteiger charge is -2.28. The fourth-order valence-corrected chi connectivity index (χ4v) is 2.40. The highest BCUT2D eigenvalue weighted by atomic mass is 15.2. The third-order valence-corrected chi connectivity index (χ3v) is 3.57. The Balaban J connectivity index is 1.84. The lowest BCUT2D eigenvalue weighted by molar-refractivity contribution is 0.329. The molecule has 1 aliphatic carbocycles.